The topological polar surface area (TPSA) is 73.0 Å². The molecule has 0 unspecified atom stereocenters. The van der Waals surface area contributed by atoms with E-state index in [-0.39, 0.29) is 23.9 Å². The molecule has 2 aliphatic rings. The second-order valence-electron chi connectivity index (χ2n) is 8.40. The van der Waals surface area contributed by atoms with Gasteiger partial charge in [-0.25, -0.2) is 12.8 Å². The molecular weight excluding hydrogens is 443 g/mol. The number of likely N-dealkylation sites (N-methyl/N-ethyl adjacent to an activating group) is 2. The predicted molar refractivity (Wildman–Crippen MR) is 127 cm³/mol. The van der Waals surface area contributed by atoms with E-state index < -0.39 is 15.8 Å². The van der Waals surface area contributed by atoms with Gasteiger partial charge in [0.2, 0.25) is 15.9 Å². The number of carbonyl (C=O) groups excluding carboxylic acids is 1. The summed E-state index contributed by atoms with van der Waals surface area (Å²) in [4.78, 5) is 16.2. The fourth-order valence-corrected chi connectivity index (χ4v) is 5.58. The van der Waals surface area contributed by atoms with Crippen molar-refractivity contribution >= 4 is 21.6 Å². The van der Waals surface area contributed by atoms with E-state index in [1.807, 2.05) is 24.3 Å². The number of amides is 1. The number of piperazine rings is 1. The van der Waals surface area contributed by atoms with Crippen molar-refractivity contribution < 1.29 is 17.6 Å². The molecule has 2 aromatic carbocycles. The number of hydrogen-bond donors (Lipinski definition) is 1. The maximum atomic E-state index is 15.0. The molecule has 1 amide bonds. The van der Waals surface area contributed by atoms with Crippen molar-refractivity contribution in [3.8, 4) is 11.1 Å². The quantitative estimate of drug-likeness (QED) is 0.723. The molecule has 0 spiro atoms. The van der Waals surface area contributed by atoms with Crippen LogP contribution in [0, 0.1) is 5.82 Å². The monoisotopic (exact) mass is 472 g/mol. The summed E-state index contributed by atoms with van der Waals surface area (Å²) in [5.41, 5.74) is 2.72. The second kappa shape index (κ2) is 9.62. The van der Waals surface area contributed by atoms with Gasteiger partial charge in [-0.15, -0.1) is 0 Å². The lowest BCUT2D eigenvalue weighted by Crippen LogP contribution is -2.44. The van der Waals surface area contributed by atoms with Crippen LogP contribution in [0.4, 0.5) is 10.1 Å². The molecule has 0 saturated carbocycles. The lowest BCUT2D eigenvalue weighted by molar-refractivity contribution is -0.117. The number of nitrogens with zero attached hydrogens (tertiary/aromatic N) is 3. The van der Waals surface area contributed by atoms with Gasteiger partial charge < -0.3 is 15.1 Å². The average molecular weight is 473 g/mol. The Kier molecular flexibility index (Phi) is 6.83. The highest BCUT2D eigenvalue weighted by Gasteiger charge is 2.28. The Morgan fingerprint density at radius 2 is 1.70 bits per heavy atom. The van der Waals surface area contributed by atoms with Gasteiger partial charge in [0.1, 0.15) is 5.82 Å². The van der Waals surface area contributed by atoms with Crippen LogP contribution in [-0.4, -0.2) is 76.9 Å². The van der Waals surface area contributed by atoms with E-state index >= 15 is 0 Å². The van der Waals surface area contributed by atoms with Gasteiger partial charge in [0.15, 0.2) is 0 Å². The first kappa shape index (κ1) is 23.4. The lowest BCUT2D eigenvalue weighted by Gasteiger charge is -2.34. The molecule has 0 atom stereocenters. The van der Waals surface area contributed by atoms with E-state index in [9.17, 15) is 17.6 Å². The van der Waals surface area contributed by atoms with Crippen molar-refractivity contribution in [1.29, 1.82) is 0 Å². The lowest BCUT2D eigenvalue weighted by atomic mass is 10.0. The van der Waals surface area contributed by atoms with Crippen molar-refractivity contribution in [1.82, 2.24) is 14.5 Å². The zero-order chi connectivity index (χ0) is 23.6. The van der Waals surface area contributed by atoms with Crippen molar-refractivity contribution in [3.63, 3.8) is 0 Å². The van der Waals surface area contributed by atoms with Gasteiger partial charge in [0.25, 0.3) is 0 Å². The molecule has 0 radical (unpaired) electrons. The van der Waals surface area contributed by atoms with Gasteiger partial charge in [-0.2, -0.15) is 4.31 Å². The zero-order valence-electron chi connectivity index (χ0n) is 18.9. The van der Waals surface area contributed by atoms with Crippen LogP contribution >= 0.6 is 0 Å². The van der Waals surface area contributed by atoms with E-state index in [1.54, 1.807) is 6.08 Å². The number of benzene rings is 2. The van der Waals surface area contributed by atoms with E-state index in [4.69, 9.17) is 0 Å². The van der Waals surface area contributed by atoms with Gasteiger partial charge in [-0.05, 0) is 43.3 Å². The molecule has 1 fully saturated rings. The normalized spacial score (nSPS) is 18.2. The van der Waals surface area contributed by atoms with Crippen LogP contribution in [0.1, 0.15) is 6.42 Å². The van der Waals surface area contributed by atoms with E-state index in [0.717, 1.165) is 37.9 Å². The first-order valence-electron chi connectivity index (χ1n) is 11.0. The molecule has 0 aliphatic carbocycles. The van der Waals surface area contributed by atoms with Crippen LogP contribution in [0.2, 0.25) is 0 Å². The van der Waals surface area contributed by atoms with Crippen molar-refractivity contribution in [2.45, 2.75) is 11.3 Å². The van der Waals surface area contributed by atoms with Crippen LogP contribution < -0.4 is 10.2 Å². The minimum absolute atomic E-state index is 0.0855. The van der Waals surface area contributed by atoms with Gasteiger partial charge in [0.05, 0.1) is 4.90 Å². The Morgan fingerprint density at radius 3 is 2.27 bits per heavy atom. The fourth-order valence-electron chi connectivity index (χ4n) is 4.19. The van der Waals surface area contributed by atoms with E-state index in [2.05, 4.69) is 22.2 Å². The van der Waals surface area contributed by atoms with Crippen molar-refractivity contribution in [2.75, 3.05) is 58.3 Å². The molecule has 2 aliphatic heterocycles. The third-order valence-corrected chi connectivity index (χ3v) is 8.18. The Morgan fingerprint density at radius 1 is 1.00 bits per heavy atom. The summed E-state index contributed by atoms with van der Waals surface area (Å²) in [6, 6.07) is 11.7. The molecule has 2 aromatic rings. The number of halogens is 1. The maximum absolute atomic E-state index is 15.0. The first-order valence-corrected chi connectivity index (χ1v) is 12.5. The Hall–Kier alpha value is -2.75. The first-order chi connectivity index (χ1) is 15.8. The SMILES string of the molecule is CNC(=O)C1=CCN(S(=O)(=O)c2ccc(-c3ccc(N4CCN(C)CC4)cc3)c(F)c2)CC1. The van der Waals surface area contributed by atoms with Crippen LogP contribution in [0.5, 0.6) is 0 Å². The van der Waals surface area contributed by atoms with E-state index in [1.165, 1.54) is 23.5 Å². The highest BCUT2D eigenvalue weighted by atomic mass is 32.2. The highest BCUT2D eigenvalue weighted by Crippen LogP contribution is 2.29. The van der Waals surface area contributed by atoms with Crippen LogP contribution in [0.25, 0.3) is 11.1 Å². The summed E-state index contributed by atoms with van der Waals surface area (Å²) in [6.07, 6.45) is 1.92. The van der Waals surface area contributed by atoms with Crippen LogP contribution in [0.3, 0.4) is 0 Å². The second-order valence-corrected chi connectivity index (χ2v) is 10.3. The third-order valence-electron chi connectivity index (χ3n) is 6.32. The number of nitrogens with one attached hydrogen (secondary N) is 1. The summed E-state index contributed by atoms with van der Waals surface area (Å²) in [7, 11) is -0.212. The molecule has 33 heavy (non-hydrogen) atoms. The molecule has 4 rings (SSSR count). The van der Waals surface area contributed by atoms with Gasteiger partial charge >= 0.3 is 0 Å². The molecular formula is C24H29FN4O3S. The van der Waals surface area contributed by atoms with Crippen molar-refractivity contribution in [2.24, 2.45) is 0 Å². The molecule has 176 valence electrons. The number of hydrogen-bond acceptors (Lipinski definition) is 5. The molecule has 1 N–H and O–H groups in total. The Bertz CT molecular complexity index is 1160. The number of rotatable bonds is 5. The molecule has 1 saturated heterocycles. The summed E-state index contributed by atoms with van der Waals surface area (Å²) >= 11 is 0. The van der Waals surface area contributed by atoms with Crippen LogP contribution in [0.15, 0.2) is 59.0 Å². The summed E-state index contributed by atoms with van der Waals surface area (Å²) in [5, 5.41) is 2.54. The number of carbonyl (C=O) groups is 1. The predicted octanol–water partition coefficient (Wildman–Crippen LogP) is 2.31. The molecule has 0 aromatic heterocycles. The standard InChI is InChI=1S/C24H29FN4O3S/c1-26-24(30)19-9-11-29(12-10-19)33(31,32)21-7-8-22(23(25)17-21)18-3-5-20(6-4-18)28-15-13-27(2)14-16-28/h3-9,17H,10-16H2,1-2H3,(H,26,30). The molecule has 2 heterocycles. The zero-order valence-corrected chi connectivity index (χ0v) is 19.7. The van der Waals surface area contributed by atoms with E-state index in [0.29, 0.717) is 23.1 Å². The van der Waals surface area contributed by atoms with Gasteiger partial charge in [-0.1, -0.05) is 24.3 Å². The molecule has 7 nitrogen and oxygen atoms in total. The van der Waals surface area contributed by atoms with Gasteiger partial charge in [-0.3, -0.25) is 4.79 Å². The minimum atomic E-state index is -3.86. The Labute approximate surface area is 194 Å². The minimum Gasteiger partial charge on any atom is -0.369 e. The summed E-state index contributed by atoms with van der Waals surface area (Å²) in [5.74, 6) is -0.789. The fraction of sp³-hybridized carbons (Fsp3) is 0.375. The number of sulfonamides is 1. The van der Waals surface area contributed by atoms with Crippen LogP contribution in [-0.2, 0) is 14.8 Å². The smallest absolute Gasteiger partial charge is 0.246 e. The van der Waals surface area contributed by atoms with Crippen molar-refractivity contribution in [3.05, 3.63) is 59.9 Å². The maximum Gasteiger partial charge on any atom is 0.246 e. The molecule has 9 heteroatoms. The third kappa shape index (κ3) is 4.95. The Balaban J connectivity index is 1.50. The highest BCUT2D eigenvalue weighted by molar-refractivity contribution is 7.89. The average Bonchev–Trinajstić information content (AvgIpc) is 2.84. The van der Waals surface area contributed by atoms with Gasteiger partial charge in [0, 0.05) is 63.1 Å². The number of anilines is 1. The molecule has 0 bridgehead atoms. The summed E-state index contributed by atoms with van der Waals surface area (Å²) < 4.78 is 42.2. The summed E-state index contributed by atoms with van der Waals surface area (Å²) in [6.45, 7) is 4.18. The largest absolute Gasteiger partial charge is 0.369 e.